The summed E-state index contributed by atoms with van der Waals surface area (Å²) in [4.78, 5) is 12.2. The number of carbonyl (C=O) groups is 1. The van der Waals surface area contributed by atoms with E-state index < -0.39 is 12.1 Å². The van der Waals surface area contributed by atoms with Crippen LogP contribution in [-0.4, -0.2) is 34.9 Å². The minimum atomic E-state index is -0.886. The fourth-order valence-electron chi connectivity index (χ4n) is 4.58. The van der Waals surface area contributed by atoms with E-state index in [0.29, 0.717) is 6.42 Å². The molecule has 0 aromatic rings. The average molecular weight is 534 g/mol. The Morgan fingerprint density at radius 2 is 1.08 bits per heavy atom. The van der Waals surface area contributed by atoms with Gasteiger partial charge in [0.15, 0.2) is 0 Å². The second-order valence-corrected chi connectivity index (χ2v) is 10.9. The molecule has 0 radical (unpaired) electrons. The van der Waals surface area contributed by atoms with Gasteiger partial charge in [-0.05, 0) is 44.9 Å². The molecule has 0 heterocycles. The van der Waals surface area contributed by atoms with Gasteiger partial charge in [-0.2, -0.15) is 0 Å². The molecule has 0 rings (SSSR count). The van der Waals surface area contributed by atoms with Gasteiger partial charge in [0.2, 0.25) is 5.91 Å². The fraction of sp³-hybridized carbons (Fsp3) is 0.794. The van der Waals surface area contributed by atoms with Crippen molar-refractivity contribution in [1.82, 2.24) is 5.32 Å². The Kier molecular flexibility index (Phi) is 29.1. The lowest BCUT2D eigenvalue weighted by Gasteiger charge is -2.19. The molecule has 4 nitrogen and oxygen atoms in total. The van der Waals surface area contributed by atoms with Gasteiger partial charge in [-0.15, -0.1) is 0 Å². The van der Waals surface area contributed by atoms with Crippen LogP contribution in [0.4, 0.5) is 0 Å². The van der Waals surface area contributed by atoms with Crippen molar-refractivity contribution in [2.75, 3.05) is 6.61 Å². The molecule has 2 atom stereocenters. The van der Waals surface area contributed by atoms with Crippen LogP contribution in [0.25, 0.3) is 0 Å². The van der Waals surface area contributed by atoms with Gasteiger partial charge in [-0.1, -0.05) is 140 Å². The van der Waals surface area contributed by atoms with Gasteiger partial charge in [-0.25, -0.2) is 0 Å². The van der Waals surface area contributed by atoms with Crippen molar-refractivity contribution in [2.45, 2.75) is 167 Å². The molecule has 3 N–H and O–H groups in total. The summed E-state index contributed by atoms with van der Waals surface area (Å²) in [6.07, 6.45) is 38.0. The summed E-state index contributed by atoms with van der Waals surface area (Å²) in [6.45, 7) is 4.22. The summed E-state index contributed by atoms with van der Waals surface area (Å²) >= 11 is 0. The Morgan fingerprint density at radius 1 is 0.632 bits per heavy atom. The first-order valence-electron chi connectivity index (χ1n) is 16.2. The number of unbranched alkanes of at least 4 members (excludes halogenated alkanes) is 18. The van der Waals surface area contributed by atoms with Crippen LogP contribution in [0.2, 0.25) is 0 Å². The van der Waals surface area contributed by atoms with E-state index in [0.717, 1.165) is 19.3 Å². The zero-order valence-corrected chi connectivity index (χ0v) is 25.2. The smallest absolute Gasteiger partial charge is 0.220 e. The molecular formula is C34H63NO3. The zero-order chi connectivity index (χ0) is 27.9. The van der Waals surface area contributed by atoms with Gasteiger partial charge in [0.05, 0.1) is 18.8 Å². The molecule has 38 heavy (non-hydrogen) atoms. The Morgan fingerprint density at radius 3 is 1.58 bits per heavy atom. The Balaban J connectivity index is 3.68. The van der Waals surface area contributed by atoms with Crippen LogP contribution in [-0.2, 0) is 4.79 Å². The van der Waals surface area contributed by atoms with Gasteiger partial charge in [0, 0.05) is 6.42 Å². The second-order valence-electron chi connectivity index (χ2n) is 10.9. The fourth-order valence-corrected chi connectivity index (χ4v) is 4.58. The number of allylic oxidation sites excluding steroid dienone is 5. The summed E-state index contributed by atoms with van der Waals surface area (Å²) in [7, 11) is 0. The van der Waals surface area contributed by atoms with E-state index in [-0.39, 0.29) is 12.5 Å². The van der Waals surface area contributed by atoms with E-state index in [1.54, 1.807) is 12.2 Å². The maximum Gasteiger partial charge on any atom is 0.220 e. The summed E-state index contributed by atoms with van der Waals surface area (Å²) in [5.74, 6) is -0.0909. The number of nitrogens with one attached hydrogen (secondary N) is 1. The molecule has 0 aliphatic rings. The topological polar surface area (TPSA) is 69.6 Å². The molecule has 0 bridgehead atoms. The number of carbonyl (C=O) groups excluding carboxylic acids is 1. The summed E-state index contributed by atoms with van der Waals surface area (Å²) in [5, 5.41) is 22.6. The number of rotatable bonds is 28. The Labute approximate surface area is 236 Å². The average Bonchev–Trinajstić information content (AvgIpc) is 2.92. The van der Waals surface area contributed by atoms with Crippen molar-refractivity contribution in [3.05, 3.63) is 36.5 Å². The van der Waals surface area contributed by atoms with Gasteiger partial charge in [0.1, 0.15) is 0 Å². The Bertz CT molecular complexity index is 584. The van der Waals surface area contributed by atoms with Gasteiger partial charge >= 0.3 is 0 Å². The van der Waals surface area contributed by atoms with Gasteiger partial charge in [-0.3, -0.25) is 4.79 Å². The quantitative estimate of drug-likeness (QED) is 0.0533. The van der Waals surface area contributed by atoms with Crippen molar-refractivity contribution in [3.8, 4) is 0 Å². The number of aliphatic hydroxyl groups is 2. The van der Waals surface area contributed by atoms with Crippen LogP contribution < -0.4 is 5.32 Å². The van der Waals surface area contributed by atoms with Crippen molar-refractivity contribution in [1.29, 1.82) is 0 Å². The molecular weight excluding hydrogens is 470 g/mol. The molecule has 0 fully saturated rings. The van der Waals surface area contributed by atoms with Crippen LogP contribution in [0.15, 0.2) is 36.5 Å². The first-order valence-corrected chi connectivity index (χ1v) is 16.2. The maximum absolute atomic E-state index is 12.2. The summed E-state index contributed by atoms with van der Waals surface area (Å²) < 4.78 is 0. The molecule has 0 spiro atoms. The zero-order valence-electron chi connectivity index (χ0n) is 25.2. The number of hydrogen-bond donors (Lipinski definition) is 3. The molecule has 4 heteroatoms. The number of amides is 1. The van der Waals surface area contributed by atoms with Gasteiger partial charge < -0.3 is 15.5 Å². The van der Waals surface area contributed by atoms with Crippen molar-refractivity contribution < 1.29 is 15.0 Å². The maximum atomic E-state index is 12.2. The third-order valence-electron chi connectivity index (χ3n) is 7.15. The highest BCUT2D eigenvalue weighted by molar-refractivity contribution is 5.76. The van der Waals surface area contributed by atoms with E-state index in [1.807, 2.05) is 6.08 Å². The van der Waals surface area contributed by atoms with Crippen LogP contribution in [0.1, 0.15) is 155 Å². The van der Waals surface area contributed by atoms with Crippen LogP contribution in [0, 0.1) is 0 Å². The number of hydrogen-bond acceptors (Lipinski definition) is 3. The molecule has 0 aromatic heterocycles. The van der Waals surface area contributed by atoms with E-state index in [2.05, 4.69) is 37.4 Å². The lowest BCUT2D eigenvalue weighted by molar-refractivity contribution is -0.123. The van der Waals surface area contributed by atoms with Crippen LogP contribution >= 0.6 is 0 Å². The standard InChI is InChI=1S/C34H63NO3/c1-3-5-7-9-11-13-14-15-16-17-18-19-20-22-24-26-28-30-34(38)35-32(31-36)33(37)29-27-25-23-21-12-10-8-6-4-2/h15-16,23,25,27,29,32-33,36-37H,3-14,17-22,24,26,28,30-31H2,1-2H3,(H,35,38)/b16-15-,25-23+,29-27+/t32-,33+/m0/s1. The van der Waals surface area contributed by atoms with Crippen LogP contribution in [0.3, 0.4) is 0 Å². The third kappa shape index (κ3) is 26.2. The monoisotopic (exact) mass is 533 g/mol. The highest BCUT2D eigenvalue weighted by Crippen LogP contribution is 2.11. The van der Waals surface area contributed by atoms with Crippen molar-refractivity contribution in [3.63, 3.8) is 0 Å². The molecule has 0 aliphatic carbocycles. The van der Waals surface area contributed by atoms with Crippen LogP contribution in [0.5, 0.6) is 0 Å². The third-order valence-corrected chi connectivity index (χ3v) is 7.15. The first-order chi connectivity index (χ1) is 18.7. The van der Waals surface area contributed by atoms with E-state index >= 15 is 0 Å². The van der Waals surface area contributed by atoms with E-state index in [4.69, 9.17) is 0 Å². The SMILES string of the molecule is CCCCCCC/C=C/C=C/[C@@H](O)[C@H](CO)NC(=O)CCCCCCCCC/C=C\CCCCCCCC. The van der Waals surface area contributed by atoms with Crippen molar-refractivity contribution >= 4 is 5.91 Å². The minimum absolute atomic E-state index is 0.0909. The predicted octanol–water partition coefficient (Wildman–Crippen LogP) is 9.12. The largest absolute Gasteiger partial charge is 0.394 e. The minimum Gasteiger partial charge on any atom is -0.394 e. The molecule has 0 unspecified atom stereocenters. The first kappa shape index (κ1) is 36.6. The highest BCUT2D eigenvalue weighted by Gasteiger charge is 2.17. The summed E-state index contributed by atoms with van der Waals surface area (Å²) in [6, 6.07) is -0.652. The molecule has 0 aromatic carbocycles. The molecule has 1 amide bonds. The molecule has 0 saturated heterocycles. The number of aliphatic hydroxyl groups excluding tert-OH is 2. The van der Waals surface area contributed by atoms with E-state index in [9.17, 15) is 15.0 Å². The lowest BCUT2D eigenvalue weighted by Crippen LogP contribution is -2.45. The normalized spacial score (nSPS) is 13.7. The Hall–Kier alpha value is -1.39. The van der Waals surface area contributed by atoms with Crippen molar-refractivity contribution in [2.24, 2.45) is 0 Å². The van der Waals surface area contributed by atoms with Gasteiger partial charge in [0.25, 0.3) is 0 Å². The molecule has 0 aliphatic heterocycles. The highest BCUT2D eigenvalue weighted by atomic mass is 16.3. The second kappa shape index (κ2) is 30.2. The molecule has 0 saturated carbocycles. The summed E-state index contributed by atoms with van der Waals surface area (Å²) in [5.41, 5.74) is 0. The lowest BCUT2D eigenvalue weighted by atomic mass is 10.1. The van der Waals surface area contributed by atoms with E-state index in [1.165, 1.54) is 116 Å². The predicted molar refractivity (Wildman–Crippen MR) is 165 cm³/mol. The molecule has 222 valence electrons.